The summed E-state index contributed by atoms with van der Waals surface area (Å²) in [4.78, 5) is 9.80. The van der Waals surface area contributed by atoms with Crippen molar-refractivity contribution in [1.82, 2.24) is 10.2 Å². The van der Waals surface area contributed by atoms with Gasteiger partial charge in [-0.1, -0.05) is 0 Å². The number of fused-ring (bicyclic) bond motifs is 1. The predicted molar refractivity (Wildman–Crippen MR) is 55.4 cm³/mol. The molecule has 0 atom stereocenters. The normalized spacial score (nSPS) is 10.7. The fraction of sp³-hybridized carbons (Fsp3) is 0. The molecule has 2 rings (SSSR count). The van der Waals surface area contributed by atoms with Gasteiger partial charge in [0.15, 0.2) is 5.82 Å². The summed E-state index contributed by atoms with van der Waals surface area (Å²) >= 11 is 1.90. The van der Waals surface area contributed by atoms with Crippen molar-refractivity contribution in [3.63, 3.8) is 0 Å². The summed E-state index contributed by atoms with van der Waals surface area (Å²) in [6.45, 7) is 0. The van der Waals surface area contributed by atoms with Crippen molar-refractivity contribution in [3.05, 3.63) is 31.8 Å². The number of nitro groups is 1. The molecule has 0 spiro atoms. The number of nitro benzene ring substituents is 1. The maximum absolute atomic E-state index is 13.2. The number of aromatic nitrogens is 2. The van der Waals surface area contributed by atoms with Gasteiger partial charge in [-0.25, -0.2) is 4.39 Å². The van der Waals surface area contributed by atoms with E-state index >= 15 is 0 Å². The van der Waals surface area contributed by atoms with Crippen LogP contribution in [0.15, 0.2) is 12.1 Å². The molecule has 0 radical (unpaired) electrons. The molecule has 7 heteroatoms. The van der Waals surface area contributed by atoms with Crippen LogP contribution in [-0.2, 0) is 0 Å². The fourth-order valence-electron chi connectivity index (χ4n) is 1.14. The second kappa shape index (κ2) is 3.15. The largest absolute Gasteiger partial charge is 0.273 e. The summed E-state index contributed by atoms with van der Waals surface area (Å²) < 4.78 is 13.8. The van der Waals surface area contributed by atoms with E-state index in [0.29, 0.717) is 9.09 Å². The molecule has 0 aliphatic heterocycles. The Kier molecular flexibility index (Phi) is 2.10. The highest BCUT2D eigenvalue weighted by molar-refractivity contribution is 14.1. The van der Waals surface area contributed by atoms with Gasteiger partial charge in [-0.15, -0.1) is 0 Å². The van der Waals surface area contributed by atoms with Crippen LogP contribution in [0, 0.1) is 19.6 Å². The lowest BCUT2D eigenvalue weighted by molar-refractivity contribution is -0.384. The predicted octanol–water partition coefficient (Wildman–Crippen LogP) is 2.21. The van der Waals surface area contributed by atoms with E-state index < -0.39 is 10.7 Å². The third kappa shape index (κ3) is 1.33. The van der Waals surface area contributed by atoms with E-state index in [-0.39, 0.29) is 11.2 Å². The van der Waals surface area contributed by atoms with Gasteiger partial charge >= 0.3 is 0 Å². The van der Waals surface area contributed by atoms with E-state index in [1.165, 1.54) is 6.07 Å². The molecule has 0 aliphatic rings. The Morgan fingerprint density at radius 1 is 1.57 bits per heavy atom. The molecular weight excluding hydrogens is 304 g/mol. The quantitative estimate of drug-likeness (QED) is 0.499. The van der Waals surface area contributed by atoms with Crippen LogP contribution in [0.2, 0.25) is 0 Å². The molecule has 0 aliphatic carbocycles. The van der Waals surface area contributed by atoms with Gasteiger partial charge in [-0.3, -0.25) is 15.2 Å². The first-order valence-electron chi connectivity index (χ1n) is 3.57. The number of rotatable bonds is 1. The first-order chi connectivity index (χ1) is 6.59. The van der Waals surface area contributed by atoms with Gasteiger partial charge in [-0.05, 0) is 22.6 Å². The number of benzene rings is 1. The Morgan fingerprint density at radius 3 is 2.93 bits per heavy atom. The molecule has 1 aromatic heterocycles. The lowest BCUT2D eigenvalue weighted by atomic mass is 10.2. The molecule has 0 unspecified atom stereocenters. The van der Waals surface area contributed by atoms with Gasteiger partial charge in [0.1, 0.15) is 9.22 Å². The highest BCUT2D eigenvalue weighted by atomic mass is 127. The zero-order chi connectivity index (χ0) is 10.3. The Bertz CT molecular complexity index is 525. The number of nitrogens with one attached hydrogen (secondary N) is 1. The molecule has 1 N–H and O–H groups in total. The van der Waals surface area contributed by atoms with Crippen molar-refractivity contribution in [2.75, 3.05) is 0 Å². The van der Waals surface area contributed by atoms with Crippen molar-refractivity contribution in [2.24, 2.45) is 0 Å². The highest BCUT2D eigenvalue weighted by Crippen LogP contribution is 2.25. The maximum Gasteiger partial charge on any atom is 0.273 e. The van der Waals surface area contributed by atoms with Crippen LogP contribution in [0.1, 0.15) is 0 Å². The molecular formula is C7H3FIN3O2. The average Bonchev–Trinajstić information content (AvgIpc) is 2.48. The third-order valence-corrected chi connectivity index (χ3v) is 2.58. The minimum atomic E-state index is -0.687. The molecule has 1 aromatic carbocycles. The van der Waals surface area contributed by atoms with Gasteiger partial charge in [0.25, 0.3) is 5.69 Å². The van der Waals surface area contributed by atoms with Crippen LogP contribution in [0.25, 0.3) is 10.9 Å². The fourth-order valence-corrected chi connectivity index (χ4v) is 1.67. The standard InChI is InChI=1S/C7H3FIN3O2/c8-5-2-3(12(13)14)1-4-6(5)10-11-7(4)9/h1-2H,(H,10,11). The molecule has 0 fully saturated rings. The number of aromatic amines is 1. The summed E-state index contributed by atoms with van der Waals surface area (Å²) in [5.41, 5.74) is -0.144. The SMILES string of the molecule is O=[N+]([O-])c1cc(F)c2n[nH]c(I)c2c1. The molecule has 72 valence electrons. The molecule has 5 nitrogen and oxygen atoms in total. The van der Waals surface area contributed by atoms with Gasteiger partial charge in [0.05, 0.1) is 11.0 Å². The van der Waals surface area contributed by atoms with Crippen molar-refractivity contribution in [2.45, 2.75) is 0 Å². The number of H-pyrrole nitrogens is 1. The third-order valence-electron chi connectivity index (χ3n) is 1.76. The number of nitrogens with zero attached hydrogens (tertiary/aromatic N) is 2. The number of non-ortho nitro benzene ring substituents is 1. The van der Waals surface area contributed by atoms with Crippen molar-refractivity contribution >= 4 is 39.2 Å². The highest BCUT2D eigenvalue weighted by Gasteiger charge is 2.15. The molecule has 2 aromatic rings. The molecule has 14 heavy (non-hydrogen) atoms. The van der Waals surface area contributed by atoms with E-state index in [4.69, 9.17) is 0 Å². The van der Waals surface area contributed by atoms with E-state index in [2.05, 4.69) is 10.2 Å². The minimum absolute atomic E-state index is 0.125. The summed E-state index contributed by atoms with van der Waals surface area (Å²) in [5.74, 6) is -0.687. The van der Waals surface area contributed by atoms with Crippen LogP contribution >= 0.6 is 22.6 Å². The van der Waals surface area contributed by atoms with Crippen molar-refractivity contribution in [3.8, 4) is 0 Å². The summed E-state index contributed by atoms with van der Waals surface area (Å²) in [6, 6.07) is 2.16. The Labute approximate surface area is 90.6 Å². The van der Waals surface area contributed by atoms with Gasteiger partial charge in [0.2, 0.25) is 0 Å². The van der Waals surface area contributed by atoms with E-state index in [1.807, 2.05) is 22.6 Å². The zero-order valence-corrected chi connectivity index (χ0v) is 8.78. The van der Waals surface area contributed by atoms with Gasteiger partial charge in [-0.2, -0.15) is 5.10 Å². The number of hydrogen-bond donors (Lipinski definition) is 1. The summed E-state index contributed by atoms with van der Waals surface area (Å²) in [7, 11) is 0. The van der Waals surface area contributed by atoms with Crippen LogP contribution < -0.4 is 0 Å². The Morgan fingerprint density at radius 2 is 2.29 bits per heavy atom. The van der Waals surface area contributed by atoms with Crippen molar-refractivity contribution < 1.29 is 9.31 Å². The van der Waals surface area contributed by atoms with Gasteiger partial charge in [0, 0.05) is 11.5 Å². The Hall–Kier alpha value is -1.25. The van der Waals surface area contributed by atoms with Crippen LogP contribution in [0.5, 0.6) is 0 Å². The smallest absolute Gasteiger partial charge is 0.271 e. The zero-order valence-electron chi connectivity index (χ0n) is 6.62. The van der Waals surface area contributed by atoms with Gasteiger partial charge < -0.3 is 0 Å². The summed E-state index contributed by atoms with van der Waals surface area (Å²) in [5, 5.41) is 17.1. The Balaban J connectivity index is 2.82. The van der Waals surface area contributed by atoms with Crippen LogP contribution in [-0.4, -0.2) is 15.1 Å². The number of halogens is 2. The second-order valence-corrected chi connectivity index (χ2v) is 3.70. The van der Waals surface area contributed by atoms with E-state index in [9.17, 15) is 14.5 Å². The molecule has 0 saturated carbocycles. The maximum atomic E-state index is 13.2. The lowest BCUT2D eigenvalue weighted by Crippen LogP contribution is -1.89. The minimum Gasteiger partial charge on any atom is -0.271 e. The summed E-state index contributed by atoms with van der Waals surface area (Å²) in [6.07, 6.45) is 0. The topological polar surface area (TPSA) is 71.8 Å². The first-order valence-corrected chi connectivity index (χ1v) is 4.65. The average molecular weight is 307 g/mol. The first kappa shape index (κ1) is 9.31. The molecule has 0 bridgehead atoms. The molecule has 0 saturated heterocycles. The monoisotopic (exact) mass is 307 g/mol. The molecule has 1 heterocycles. The van der Waals surface area contributed by atoms with Crippen LogP contribution in [0.3, 0.4) is 0 Å². The lowest BCUT2D eigenvalue weighted by Gasteiger charge is -1.93. The van der Waals surface area contributed by atoms with E-state index in [0.717, 1.165) is 6.07 Å². The van der Waals surface area contributed by atoms with Crippen LogP contribution in [0.4, 0.5) is 10.1 Å². The van der Waals surface area contributed by atoms with E-state index in [1.54, 1.807) is 0 Å². The second-order valence-electron chi connectivity index (χ2n) is 2.62. The van der Waals surface area contributed by atoms with Crippen molar-refractivity contribution in [1.29, 1.82) is 0 Å². The molecule has 0 amide bonds. The number of hydrogen-bond acceptors (Lipinski definition) is 3.